The van der Waals surface area contributed by atoms with Crippen LogP contribution in [0.5, 0.6) is 0 Å². The maximum Gasteiger partial charge on any atom is 0.193 e. The molecule has 140 valence electrons. The molecule has 0 radical (unpaired) electrons. The largest absolute Gasteiger partial charge is 0.356 e. The Bertz CT molecular complexity index is 847. The molecule has 2 rings (SSSR count). The number of sulfone groups is 1. The number of hydrogen-bond donors (Lipinski definition) is 1. The molecule has 0 atom stereocenters. The minimum atomic E-state index is -3.17. The first-order valence-electron chi connectivity index (χ1n) is 8.25. The smallest absolute Gasteiger partial charge is 0.193 e. The average molecular weight is 377 g/mol. The molecule has 0 spiro atoms. The molecule has 0 saturated heterocycles. The summed E-state index contributed by atoms with van der Waals surface area (Å²) >= 11 is 0. The number of nitrogens with zero attached hydrogens (tertiary/aromatic N) is 2. The van der Waals surface area contributed by atoms with Crippen LogP contribution >= 0.6 is 0 Å². The van der Waals surface area contributed by atoms with Crippen LogP contribution in [0, 0.1) is 5.82 Å². The van der Waals surface area contributed by atoms with Crippen molar-refractivity contribution in [2.24, 2.45) is 4.99 Å². The van der Waals surface area contributed by atoms with E-state index in [1.807, 2.05) is 24.1 Å². The minimum Gasteiger partial charge on any atom is -0.356 e. The summed E-state index contributed by atoms with van der Waals surface area (Å²) in [5.41, 5.74) is 2.04. The lowest BCUT2D eigenvalue weighted by atomic mass is 10.1. The molecule has 0 heterocycles. The van der Waals surface area contributed by atoms with Crippen LogP contribution in [-0.2, 0) is 22.8 Å². The minimum absolute atomic E-state index is 0.249. The van der Waals surface area contributed by atoms with Gasteiger partial charge in [0.05, 0.1) is 4.90 Å². The zero-order valence-corrected chi connectivity index (χ0v) is 16.1. The van der Waals surface area contributed by atoms with Crippen LogP contribution in [0.15, 0.2) is 58.4 Å². The van der Waals surface area contributed by atoms with Gasteiger partial charge in [0.2, 0.25) is 0 Å². The Morgan fingerprint density at radius 2 is 1.65 bits per heavy atom. The van der Waals surface area contributed by atoms with Gasteiger partial charge in [0.15, 0.2) is 15.8 Å². The first-order valence-corrected chi connectivity index (χ1v) is 10.1. The molecule has 0 aliphatic heterocycles. The van der Waals surface area contributed by atoms with E-state index in [0.717, 1.165) is 23.5 Å². The number of rotatable bonds is 6. The summed E-state index contributed by atoms with van der Waals surface area (Å²) in [6.45, 7) is 1.28. The van der Waals surface area contributed by atoms with Crippen LogP contribution in [0.3, 0.4) is 0 Å². The van der Waals surface area contributed by atoms with E-state index >= 15 is 0 Å². The highest BCUT2D eigenvalue weighted by atomic mass is 32.2. The van der Waals surface area contributed by atoms with E-state index in [1.54, 1.807) is 31.3 Å². The highest BCUT2D eigenvalue weighted by Gasteiger charge is 2.08. The zero-order chi connectivity index (χ0) is 19.2. The van der Waals surface area contributed by atoms with Crippen molar-refractivity contribution in [3.8, 4) is 0 Å². The van der Waals surface area contributed by atoms with Gasteiger partial charge in [-0.2, -0.15) is 0 Å². The molecular formula is C19H24FN3O2S. The van der Waals surface area contributed by atoms with Gasteiger partial charge < -0.3 is 10.2 Å². The van der Waals surface area contributed by atoms with Crippen molar-refractivity contribution in [1.29, 1.82) is 0 Å². The molecule has 0 aromatic heterocycles. The van der Waals surface area contributed by atoms with Crippen molar-refractivity contribution in [1.82, 2.24) is 10.2 Å². The molecule has 1 N–H and O–H groups in total. The molecular weight excluding hydrogens is 353 g/mol. The summed E-state index contributed by atoms with van der Waals surface area (Å²) in [4.78, 5) is 6.54. The second kappa shape index (κ2) is 8.80. The summed E-state index contributed by atoms with van der Waals surface area (Å²) < 4.78 is 35.9. The van der Waals surface area contributed by atoms with Gasteiger partial charge in [-0.3, -0.25) is 4.99 Å². The zero-order valence-electron chi connectivity index (χ0n) is 15.2. The van der Waals surface area contributed by atoms with E-state index in [9.17, 15) is 12.8 Å². The molecule has 0 aliphatic rings. The van der Waals surface area contributed by atoms with Gasteiger partial charge in [0.1, 0.15) is 5.82 Å². The molecule has 0 unspecified atom stereocenters. The number of hydrogen-bond acceptors (Lipinski definition) is 3. The third-order valence-corrected chi connectivity index (χ3v) is 5.08. The summed E-state index contributed by atoms with van der Waals surface area (Å²) in [5, 5.41) is 3.28. The summed E-state index contributed by atoms with van der Waals surface area (Å²) in [6, 6.07) is 13.3. The molecule has 0 saturated carbocycles. The van der Waals surface area contributed by atoms with Crippen molar-refractivity contribution < 1.29 is 12.8 Å². The Morgan fingerprint density at radius 3 is 2.19 bits per heavy atom. The van der Waals surface area contributed by atoms with Crippen molar-refractivity contribution in [2.75, 3.05) is 26.9 Å². The second-order valence-electron chi connectivity index (χ2n) is 6.12. The fourth-order valence-electron chi connectivity index (χ4n) is 2.55. The van der Waals surface area contributed by atoms with Gasteiger partial charge in [-0.05, 0) is 41.8 Å². The fourth-order valence-corrected chi connectivity index (χ4v) is 3.18. The standard InChI is InChI=1S/C19H24FN3O2S/c1-21-19(23(2)14-16-4-8-17(20)9-5-16)22-13-12-15-6-10-18(11-7-15)26(3,24)25/h4-11H,12-14H2,1-3H3,(H,21,22). The molecule has 26 heavy (non-hydrogen) atoms. The molecule has 5 nitrogen and oxygen atoms in total. The molecule has 2 aromatic carbocycles. The van der Waals surface area contributed by atoms with E-state index in [4.69, 9.17) is 0 Å². The van der Waals surface area contributed by atoms with Crippen molar-refractivity contribution in [3.05, 3.63) is 65.5 Å². The third kappa shape index (κ3) is 5.84. The Balaban J connectivity index is 1.87. The van der Waals surface area contributed by atoms with Gasteiger partial charge in [0.25, 0.3) is 0 Å². The normalized spacial score (nSPS) is 12.1. The van der Waals surface area contributed by atoms with E-state index < -0.39 is 9.84 Å². The van der Waals surface area contributed by atoms with Gasteiger partial charge >= 0.3 is 0 Å². The fraction of sp³-hybridized carbons (Fsp3) is 0.316. The van der Waals surface area contributed by atoms with E-state index in [2.05, 4.69) is 10.3 Å². The first kappa shape index (κ1) is 19.9. The summed E-state index contributed by atoms with van der Waals surface area (Å²) in [7, 11) is 0.463. The third-order valence-electron chi connectivity index (χ3n) is 3.95. The predicted molar refractivity (Wildman–Crippen MR) is 102 cm³/mol. The molecule has 7 heteroatoms. The van der Waals surface area contributed by atoms with E-state index in [1.165, 1.54) is 18.4 Å². The number of nitrogens with one attached hydrogen (secondary N) is 1. The molecule has 0 amide bonds. The Labute approximate surface area is 154 Å². The second-order valence-corrected chi connectivity index (χ2v) is 8.14. The van der Waals surface area contributed by atoms with Gasteiger partial charge in [-0.25, -0.2) is 12.8 Å². The van der Waals surface area contributed by atoms with E-state index in [0.29, 0.717) is 18.0 Å². The quantitative estimate of drug-likeness (QED) is 0.621. The van der Waals surface area contributed by atoms with Crippen molar-refractivity contribution in [2.45, 2.75) is 17.9 Å². The predicted octanol–water partition coefficient (Wildman–Crippen LogP) is 2.48. The number of guanidine groups is 1. The van der Waals surface area contributed by atoms with Crippen molar-refractivity contribution >= 4 is 15.8 Å². The van der Waals surface area contributed by atoms with Gasteiger partial charge in [-0.15, -0.1) is 0 Å². The lowest BCUT2D eigenvalue weighted by Crippen LogP contribution is -2.39. The number of aliphatic imine (C=N–C) groups is 1. The van der Waals surface area contributed by atoms with Crippen LogP contribution in [0.4, 0.5) is 4.39 Å². The van der Waals surface area contributed by atoms with E-state index in [-0.39, 0.29) is 5.82 Å². The van der Waals surface area contributed by atoms with Crippen LogP contribution < -0.4 is 5.32 Å². The molecule has 0 fully saturated rings. The summed E-state index contributed by atoms with van der Waals surface area (Å²) in [5.74, 6) is 0.489. The average Bonchev–Trinajstić information content (AvgIpc) is 2.60. The monoisotopic (exact) mass is 377 g/mol. The molecule has 2 aromatic rings. The maximum absolute atomic E-state index is 13.0. The Hall–Kier alpha value is -2.41. The summed E-state index contributed by atoms with van der Waals surface area (Å²) in [6.07, 6.45) is 1.94. The van der Waals surface area contributed by atoms with Crippen LogP contribution in [0.25, 0.3) is 0 Å². The van der Waals surface area contributed by atoms with Crippen LogP contribution in [-0.4, -0.2) is 46.2 Å². The highest BCUT2D eigenvalue weighted by molar-refractivity contribution is 7.90. The Morgan fingerprint density at radius 1 is 1.08 bits per heavy atom. The van der Waals surface area contributed by atoms with Gasteiger partial charge in [-0.1, -0.05) is 24.3 Å². The SMILES string of the molecule is CN=C(NCCc1ccc(S(C)(=O)=O)cc1)N(C)Cc1ccc(F)cc1. The molecule has 0 aliphatic carbocycles. The maximum atomic E-state index is 13.0. The van der Waals surface area contributed by atoms with Crippen molar-refractivity contribution in [3.63, 3.8) is 0 Å². The lowest BCUT2D eigenvalue weighted by Gasteiger charge is -2.22. The van der Waals surface area contributed by atoms with Crippen LogP contribution in [0.2, 0.25) is 0 Å². The topological polar surface area (TPSA) is 61.8 Å². The number of halogens is 1. The first-order chi connectivity index (χ1) is 12.3. The van der Waals surface area contributed by atoms with Gasteiger partial charge in [0, 0.05) is 33.4 Å². The molecule has 0 bridgehead atoms. The Kier molecular flexibility index (Phi) is 6.74. The lowest BCUT2D eigenvalue weighted by molar-refractivity contribution is 0.476. The number of benzene rings is 2. The highest BCUT2D eigenvalue weighted by Crippen LogP contribution is 2.10. The van der Waals surface area contributed by atoms with Crippen LogP contribution in [0.1, 0.15) is 11.1 Å².